The SMILES string of the molecule is CC(=O)N1C[C@@H]2CN(CCCC(C(C)C)N3CC[C@H](Cc4cn(-c5ccc(F)cc5C(=O)N(C)C(C)C)c5cncc(Cl)c45)C3)C[C@H]2C1. The van der Waals surface area contributed by atoms with Gasteiger partial charge in [-0.3, -0.25) is 19.5 Å². The average Bonchev–Trinajstić information content (AvgIpc) is 3.82. The van der Waals surface area contributed by atoms with Crippen LogP contribution in [0.5, 0.6) is 0 Å². The van der Waals surface area contributed by atoms with Crippen molar-refractivity contribution in [3.63, 3.8) is 0 Å². The number of benzene rings is 1. The summed E-state index contributed by atoms with van der Waals surface area (Å²) in [5.74, 6) is 1.89. The number of hydrogen-bond acceptors (Lipinski definition) is 5. The number of fused-ring (bicyclic) bond motifs is 2. The summed E-state index contributed by atoms with van der Waals surface area (Å²) in [6, 6.07) is 4.94. The van der Waals surface area contributed by atoms with E-state index in [4.69, 9.17) is 11.6 Å². The van der Waals surface area contributed by atoms with E-state index in [1.54, 1.807) is 37.3 Å². The van der Waals surface area contributed by atoms with Crippen molar-refractivity contribution in [3.05, 3.63) is 58.8 Å². The average molecular weight is 679 g/mol. The Morgan fingerprint density at radius 2 is 1.79 bits per heavy atom. The molecule has 0 bridgehead atoms. The number of rotatable bonds is 11. The molecule has 3 fully saturated rings. The summed E-state index contributed by atoms with van der Waals surface area (Å²) < 4.78 is 16.5. The van der Waals surface area contributed by atoms with Crippen LogP contribution in [0.2, 0.25) is 5.02 Å². The molecule has 1 aromatic carbocycles. The van der Waals surface area contributed by atoms with Gasteiger partial charge < -0.3 is 19.3 Å². The van der Waals surface area contributed by atoms with Gasteiger partial charge in [0.25, 0.3) is 5.91 Å². The highest BCUT2D eigenvalue weighted by Gasteiger charge is 2.40. The van der Waals surface area contributed by atoms with Crippen molar-refractivity contribution in [2.45, 2.75) is 72.4 Å². The normalized spacial score (nSPS) is 22.4. The highest BCUT2D eigenvalue weighted by Crippen LogP contribution is 2.36. The highest BCUT2D eigenvalue weighted by molar-refractivity contribution is 6.35. The summed E-state index contributed by atoms with van der Waals surface area (Å²) in [5, 5.41) is 1.54. The van der Waals surface area contributed by atoms with E-state index in [1.165, 1.54) is 25.0 Å². The van der Waals surface area contributed by atoms with Crippen molar-refractivity contribution in [2.75, 3.05) is 52.9 Å². The minimum absolute atomic E-state index is 0.0262. The minimum Gasteiger partial charge on any atom is -0.342 e. The second-order valence-electron chi connectivity index (χ2n) is 15.2. The predicted molar refractivity (Wildman–Crippen MR) is 190 cm³/mol. The fraction of sp³-hybridized carbons (Fsp3) is 0.605. The molecule has 48 heavy (non-hydrogen) atoms. The second kappa shape index (κ2) is 14.5. The quantitative estimate of drug-likeness (QED) is 0.236. The first-order valence-electron chi connectivity index (χ1n) is 17.8. The molecule has 3 aromatic rings. The van der Waals surface area contributed by atoms with Crippen LogP contribution in [-0.2, 0) is 11.2 Å². The molecular weight excluding hydrogens is 627 g/mol. The molecule has 6 rings (SSSR count). The Hall–Kier alpha value is -3.01. The Balaban J connectivity index is 1.14. The minimum atomic E-state index is -0.443. The largest absolute Gasteiger partial charge is 0.342 e. The van der Waals surface area contributed by atoms with Crippen molar-refractivity contribution >= 4 is 34.3 Å². The third kappa shape index (κ3) is 7.15. The van der Waals surface area contributed by atoms with Crippen molar-refractivity contribution in [1.82, 2.24) is 29.2 Å². The molecule has 3 aliphatic rings. The van der Waals surface area contributed by atoms with Crippen LogP contribution in [0.15, 0.2) is 36.8 Å². The molecule has 0 spiro atoms. The van der Waals surface area contributed by atoms with Crippen molar-refractivity contribution in [1.29, 1.82) is 0 Å². The monoisotopic (exact) mass is 678 g/mol. The second-order valence-corrected chi connectivity index (χ2v) is 15.6. The topological polar surface area (TPSA) is 64.9 Å². The van der Waals surface area contributed by atoms with E-state index in [0.29, 0.717) is 46.0 Å². The van der Waals surface area contributed by atoms with Gasteiger partial charge in [-0.25, -0.2) is 4.39 Å². The van der Waals surface area contributed by atoms with Gasteiger partial charge in [-0.15, -0.1) is 0 Å². The van der Waals surface area contributed by atoms with Crippen LogP contribution in [0.25, 0.3) is 16.6 Å². The van der Waals surface area contributed by atoms with Gasteiger partial charge in [-0.1, -0.05) is 25.4 Å². The zero-order valence-corrected chi connectivity index (χ0v) is 30.2. The van der Waals surface area contributed by atoms with Gasteiger partial charge in [0.05, 0.1) is 28.0 Å². The third-order valence-electron chi connectivity index (χ3n) is 11.3. The Morgan fingerprint density at radius 1 is 1.06 bits per heavy atom. The van der Waals surface area contributed by atoms with Crippen LogP contribution in [0.3, 0.4) is 0 Å². The molecule has 8 nitrogen and oxygen atoms in total. The summed E-state index contributed by atoms with van der Waals surface area (Å²) in [5.41, 5.74) is 2.89. The van der Waals surface area contributed by atoms with Crippen LogP contribution in [0, 0.1) is 29.5 Å². The zero-order valence-electron chi connectivity index (χ0n) is 29.5. The highest BCUT2D eigenvalue weighted by atomic mass is 35.5. The lowest BCUT2D eigenvalue weighted by Gasteiger charge is -2.32. The number of aromatic nitrogens is 2. The molecule has 0 N–H and O–H groups in total. The van der Waals surface area contributed by atoms with Gasteiger partial charge in [0, 0.05) is 76.6 Å². The van der Waals surface area contributed by atoms with Crippen molar-refractivity contribution < 1.29 is 14.0 Å². The van der Waals surface area contributed by atoms with E-state index in [9.17, 15) is 14.0 Å². The fourth-order valence-corrected chi connectivity index (χ4v) is 8.79. The molecule has 3 aliphatic heterocycles. The van der Waals surface area contributed by atoms with Crippen LogP contribution in [0.1, 0.15) is 69.8 Å². The Labute approximate surface area is 290 Å². The number of halogens is 2. The van der Waals surface area contributed by atoms with Crippen LogP contribution >= 0.6 is 11.6 Å². The molecule has 0 radical (unpaired) electrons. The number of hydrogen-bond donors (Lipinski definition) is 0. The van der Waals surface area contributed by atoms with E-state index in [0.717, 1.165) is 75.1 Å². The first-order chi connectivity index (χ1) is 22.9. The van der Waals surface area contributed by atoms with Crippen LogP contribution in [0.4, 0.5) is 4.39 Å². The molecule has 5 heterocycles. The van der Waals surface area contributed by atoms with Gasteiger partial charge in [0.1, 0.15) is 5.82 Å². The maximum atomic E-state index is 14.5. The lowest BCUT2D eigenvalue weighted by molar-refractivity contribution is -0.128. The molecule has 10 heteroatoms. The fourth-order valence-electron chi connectivity index (χ4n) is 8.52. The number of pyridine rings is 1. The van der Waals surface area contributed by atoms with E-state index in [1.807, 2.05) is 23.3 Å². The lowest BCUT2D eigenvalue weighted by atomic mass is 9.96. The molecule has 2 aromatic heterocycles. The van der Waals surface area contributed by atoms with E-state index in [2.05, 4.69) is 34.8 Å². The van der Waals surface area contributed by atoms with Gasteiger partial charge in [-0.05, 0) is 100 Å². The Kier molecular flexibility index (Phi) is 10.5. The van der Waals surface area contributed by atoms with Crippen molar-refractivity contribution in [2.24, 2.45) is 23.7 Å². The summed E-state index contributed by atoms with van der Waals surface area (Å²) >= 11 is 6.81. The van der Waals surface area contributed by atoms with E-state index >= 15 is 0 Å². The predicted octanol–water partition coefficient (Wildman–Crippen LogP) is 6.38. The molecule has 3 saturated heterocycles. The van der Waals surface area contributed by atoms with Gasteiger partial charge in [0.15, 0.2) is 0 Å². The lowest BCUT2D eigenvalue weighted by Crippen LogP contribution is -2.38. The van der Waals surface area contributed by atoms with Gasteiger partial charge in [0.2, 0.25) is 5.91 Å². The first-order valence-corrected chi connectivity index (χ1v) is 18.2. The van der Waals surface area contributed by atoms with Crippen molar-refractivity contribution in [3.8, 4) is 5.69 Å². The maximum Gasteiger partial charge on any atom is 0.256 e. The van der Waals surface area contributed by atoms with Crippen LogP contribution in [-0.4, -0.2) is 106 Å². The molecule has 260 valence electrons. The molecule has 0 aliphatic carbocycles. The summed E-state index contributed by atoms with van der Waals surface area (Å²) in [7, 11) is 1.75. The van der Waals surface area contributed by atoms with Gasteiger partial charge in [-0.2, -0.15) is 0 Å². The van der Waals surface area contributed by atoms with Gasteiger partial charge >= 0.3 is 0 Å². The number of amides is 2. The summed E-state index contributed by atoms with van der Waals surface area (Å²) in [6.45, 7) is 17.7. The van der Waals surface area contributed by atoms with Crippen LogP contribution < -0.4 is 0 Å². The Morgan fingerprint density at radius 3 is 2.46 bits per heavy atom. The van der Waals surface area contributed by atoms with E-state index in [-0.39, 0.29) is 17.9 Å². The summed E-state index contributed by atoms with van der Waals surface area (Å²) in [6.07, 6.45) is 9.94. The Bertz CT molecular complexity index is 1630. The smallest absolute Gasteiger partial charge is 0.256 e. The number of nitrogens with zero attached hydrogens (tertiary/aromatic N) is 6. The molecule has 0 saturated carbocycles. The molecular formula is C38H52ClFN6O2. The molecule has 2 amide bonds. The summed E-state index contributed by atoms with van der Waals surface area (Å²) in [4.78, 5) is 38.7. The maximum absolute atomic E-state index is 14.5. The molecule has 1 unspecified atom stereocenters. The number of carbonyl (C=O) groups is 2. The third-order valence-corrected chi connectivity index (χ3v) is 11.6. The first kappa shape index (κ1) is 34.8. The zero-order chi connectivity index (χ0) is 34.3. The molecule has 4 atom stereocenters. The number of likely N-dealkylation sites (tertiary alicyclic amines) is 3. The standard InChI is InChI=1S/C38H52ClFN6O2/c1-24(2)34(8-7-12-43-19-29-21-45(26(5)47)22-30(29)20-43)44-13-11-27(18-44)14-28-23-46(36-17-41-16-33(39)37(28)36)35-10-9-31(40)15-32(35)38(48)42(6)25(3)4/h9-10,15-17,23-25,27,29-30,34H,7-8,11-14,18-22H2,1-6H3/t27-,29+,30+,34?/m1/s1. The van der Waals surface area contributed by atoms with E-state index < -0.39 is 5.82 Å². The number of carbonyl (C=O) groups excluding carboxylic acids is 2.